The average Bonchev–Trinajstić information content (AvgIpc) is 3.49. The zero-order valence-corrected chi connectivity index (χ0v) is 25.2. The van der Waals surface area contributed by atoms with Gasteiger partial charge >= 0.3 is 232 Å². The molecule has 0 radical (unpaired) electrons. The monoisotopic (exact) mass is 652 g/mol. The molecular weight excluding hydrogens is 615 g/mol. The van der Waals surface area contributed by atoms with Crippen molar-refractivity contribution in [3.63, 3.8) is 0 Å². The third-order valence-corrected chi connectivity index (χ3v) is 13.2. The zero-order chi connectivity index (χ0) is 24.3. The molecule has 0 aliphatic carbocycles. The summed E-state index contributed by atoms with van der Waals surface area (Å²) in [4.78, 5) is 0. The molecule has 0 unspecified atom stereocenters. The van der Waals surface area contributed by atoms with Gasteiger partial charge in [0.1, 0.15) is 0 Å². The molecular formula is C34H34SeTe. The van der Waals surface area contributed by atoms with Crippen LogP contribution in [-0.2, 0) is 6.42 Å². The molecule has 2 aromatic heterocycles. The van der Waals surface area contributed by atoms with Crippen LogP contribution in [0.25, 0.3) is 50.0 Å². The molecule has 0 atom stereocenters. The summed E-state index contributed by atoms with van der Waals surface area (Å²) in [6.07, 6.45) is 12.6. The van der Waals surface area contributed by atoms with Gasteiger partial charge in [0.15, 0.2) is 0 Å². The van der Waals surface area contributed by atoms with Crippen LogP contribution in [0.15, 0.2) is 78.9 Å². The topological polar surface area (TPSA) is 0 Å². The van der Waals surface area contributed by atoms with E-state index in [-0.39, 0.29) is 20.4 Å². The first-order valence-electron chi connectivity index (χ1n) is 13.7. The van der Waals surface area contributed by atoms with Gasteiger partial charge in [0.25, 0.3) is 0 Å². The number of benzene rings is 4. The van der Waals surface area contributed by atoms with Crippen LogP contribution in [0.4, 0.5) is 0 Å². The van der Waals surface area contributed by atoms with Crippen molar-refractivity contribution in [1.82, 2.24) is 0 Å². The summed E-state index contributed by atoms with van der Waals surface area (Å²) in [6, 6.07) is 30.6. The molecule has 182 valence electrons. The molecule has 0 aliphatic heterocycles. The van der Waals surface area contributed by atoms with Gasteiger partial charge in [-0.15, -0.1) is 0 Å². The van der Waals surface area contributed by atoms with Gasteiger partial charge in [-0.2, -0.15) is 0 Å². The molecule has 6 rings (SSSR count). The Bertz CT molecular complexity index is 1530. The molecule has 2 heteroatoms. The maximum absolute atomic E-state index is 2.55. The Kier molecular flexibility index (Phi) is 7.69. The summed E-state index contributed by atoms with van der Waals surface area (Å²) in [5, 5.41) is 8.53. The van der Waals surface area contributed by atoms with Gasteiger partial charge in [-0.1, -0.05) is 0 Å². The van der Waals surface area contributed by atoms with Crippen molar-refractivity contribution in [3.8, 4) is 10.0 Å². The molecule has 0 saturated heterocycles. The Balaban J connectivity index is 1.22. The number of hydrogen-bond donors (Lipinski definition) is 0. The van der Waals surface area contributed by atoms with E-state index in [0.717, 1.165) is 0 Å². The molecule has 2 heterocycles. The molecule has 0 amide bonds. The molecule has 0 saturated carbocycles. The predicted molar refractivity (Wildman–Crippen MR) is 162 cm³/mol. The van der Waals surface area contributed by atoms with Gasteiger partial charge < -0.3 is 0 Å². The number of hydrogen-bond acceptors (Lipinski definition) is 0. The first-order valence-corrected chi connectivity index (χ1v) is 17.7. The van der Waals surface area contributed by atoms with Crippen LogP contribution in [0.5, 0.6) is 0 Å². The standard InChI is InChI=1S/C34H34SeTe/c1-2-3-4-5-6-7-8-12-15-31-20-30-19-26-16-27-21-33-29(18-25(27)17-28(26)23-34(30)36-31)22-32(35-33)24-13-10-9-11-14-24/h9-11,13-14,16-23H,2-8,12,15H2,1H3. The van der Waals surface area contributed by atoms with Crippen molar-refractivity contribution in [2.45, 2.75) is 64.7 Å². The third-order valence-electron chi connectivity index (χ3n) is 7.45. The van der Waals surface area contributed by atoms with E-state index in [0.29, 0.717) is 14.5 Å². The normalized spacial score (nSPS) is 11.9. The van der Waals surface area contributed by atoms with E-state index >= 15 is 0 Å². The molecule has 0 bridgehead atoms. The Morgan fingerprint density at radius 1 is 0.583 bits per heavy atom. The van der Waals surface area contributed by atoms with E-state index in [4.69, 9.17) is 0 Å². The zero-order valence-electron chi connectivity index (χ0n) is 21.2. The second kappa shape index (κ2) is 11.3. The molecule has 0 aliphatic rings. The number of rotatable bonds is 10. The molecule has 36 heavy (non-hydrogen) atoms. The molecule has 4 aromatic carbocycles. The fourth-order valence-electron chi connectivity index (χ4n) is 5.43. The first kappa shape index (κ1) is 24.5. The van der Waals surface area contributed by atoms with Crippen LogP contribution in [-0.4, -0.2) is 34.9 Å². The number of fused-ring (bicyclic) bond motifs is 4. The summed E-state index contributed by atoms with van der Waals surface area (Å²) in [5.74, 6) is 0. The molecule has 0 fully saturated rings. The van der Waals surface area contributed by atoms with E-state index in [1.807, 2.05) is 0 Å². The molecule has 0 nitrogen and oxygen atoms in total. The summed E-state index contributed by atoms with van der Waals surface area (Å²) in [6.45, 7) is 2.30. The SMILES string of the molecule is CCCCCCCCCCc1cc2cc3cc4cc5[se]c(-c6ccccc6)cc5cc4cc3cc2[te]1. The molecule has 0 N–H and O–H groups in total. The average molecular weight is 649 g/mol. The van der Waals surface area contributed by atoms with E-state index in [1.165, 1.54) is 104 Å². The predicted octanol–water partition coefficient (Wildman–Crippen LogP) is 9.76. The Hall–Kier alpha value is -1.81. The number of unbranched alkanes of at least 4 members (excludes halogenated alkanes) is 7. The fourth-order valence-corrected chi connectivity index (χ4v) is 11.0. The van der Waals surface area contributed by atoms with E-state index in [2.05, 4.69) is 85.8 Å². The van der Waals surface area contributed by atoms with Gasteiger partial charge in [0.2, 0.25) is 0 Å². The van der Waals surface area contributed by atoms with Crippen LogP contribution < -0.4 is 0 Å². The minimum absolute atomic E-state index is 0.185. The Labute approximate surface area is 230 Å². The Morgan fingerprint density at radius 2 is 1.22 bits per heavy atom. The van der Waals surface area contributed by atoms with Crippen molar-refractivity contribution in [2.75, 3.05) is 0 Å². The van der Waals surface area contributed by atoms with Crippen molar-refractivity contribution in [1.29, 1.82) is 0 Å². The summed E-state index contributed by atoms with van der Waals surface area (Å²) >= 11 is 0.200. The first-order chi connectivity index (χ1) is 17.8. The van der Waals surface area contributed by atoms with Gasteiger partial charge in [-0.25, -0.2) is 0 Å². The fraction of sp³-hybridized carbons (Fsp3) is 0.294. The summed E-state index contributed by atoms with van der Waals surface area (Å²) < 4.78 is 6.43. The van der Waals surface area contributed by atoms with Crippen LogP contribution in [0, 0.1) is 0 Å². The second-order valence-electron chi connectivity index (χ2n) is 10.2. The van der Waals surface area contributed by atoms with Gasteiger partial charge in [0, 0.05) is 0 Å². The van der Waals surface area contributed by atoms with Crippen LogP contribution in [0.1, 0.15) is 61.9 Å². The van der Waals surface area contributed by atoms with Gasteiger partial charge in [-0.05, 0) is 0 Å². The second-order valence-corrected chi connectivity index (χ2v) is 15.8. The Morgan fingerprint density at radius 3 is 2.00 bits per heavy atom. The van der Waals surface area contributed by atoms with Crippen molar-refractivity contribution >= 4 is 74.9 Å². The van der Waals surface area contributed by atoms with Crippen LogP contribution in [0.2, 0.25) is 0 Å². The van der Waals surface area contributed by atoms with Crippen molar-refractivity contribution in [3.05, 3.63) is 82.4 Å². The summed E-state index contributed by atoms with van der Waals surface area (Å²) in [5.41, 5.74) is 1.37. The summed E-state index contributed by atoms with van der Waals surface area (Å²) in [7, 11) is 0. The van der Waals surface area contributed by atoms with Gasteiger partial charge in [0.05, 0.1) is 0 Å². The van der Waals surface area contributed by atoms with Crippen LogP contribution >= 0.6 is 0 Å². The van der Waals surface area contributed by atoms with Crippen molar-refractivity contribution < 1.29 is 0 Å². The molecule has 0 spiro atoms. The quantitative estimate of drug-likeness (QED) is 0.0788. The number of aryl methyl sites for hydroxylation is 1. The van der Waals surface area contributed by atoms with Gasteiger partial charge in [-0.3, -0.25) is 0 Å². The maximum atomic E-state index is 2.55. The van der Waals surface area contributed by atoms with E-state index < -0.39 is 0 Å². The van der Waals surface area contributed by atoms with Crippen molar-refractivity contribution in [2.24, 2.45) is 0 Å². The van der Waals surface area contributed by atoms with E-state index in [1.54, 1.807) is 6.98 Å². The molecule has 6 aromatic rings. The minimum atomic E-state index is -0.185. The third kappa shape index (κ3) is 5.39. The van der Waals surface area contributed by atoms with Crippen LogP contribution in [0.3, 0.4) is 0 Å². The van der Waals surface area contributed by atoms with E-state index in [9.17, 15) is 0 Å².